The molecule has 5 aromatic carbocycles. The summed E-state index contributed by atoms with van der Waals surface area (Å²) in [6, 6.07) is 51.9. The number of nitrogens with one attached hydrogen (secondary N) is 1. The van der Waals surface area contributed by atoms with Crippen LogP contribution >= 0.6 is 58.2 Å². The highest BCUT2D eigenvalue weighted by Gasteiger charge is 2.35. The van der Waals surface area contributed by atoms with Crippen molar-refractivity contribution in [2.45, 2.75) is 49.6 Å². The number of benzene rings is 5. The molecule has 6 heterocycles. The summed E-state index contributed by atoms with van der Waals surface area (Å²) >= 11 is 22.8. The number of hydrogen-bond acceptors (Lipinski definition) is 29. The molecule has 0 aliphatic heterocycles. The fourth-order valence-electron chi connectivity index (χ4n) is 7.66. The van der Waals surface area contributed by atoms with E-state index in [9.17, 15) is 99.6 Å². The number of pyridine rings is 6. The Bertz CT molecular complexity index is 5250. The molecule has 0 radical (unpaired) electrons. The van der Waals surface area contributed by atoms with E-state index in [-0.39, 0.29) is 57.3 Å². The first-order chi connectivity index (χ1) is 49.1. The van der Waals surface area contributed by atoms with E-state index in [2.05, 4.69) is 29.9 Å². The molecule has 536 valence electrons. The third-order valence-corrected chi connectivity index (χ3v) is 21.1. The first kappa shape index (κ1) is 81.6. The number of rotatable bonds is 17. The molecule has 1 atom stereocenters. The van der Waals surface area contributed by atoms with E-state index in [1.54, 1.807) is 36.5 Å². The molecule has 0 spiro atoms. The molecule has 0 aliphatic carbocycles. The van der Waals surface area contributed by atoms with Crippen LogP contribution in [0.4, 0.5) is 39.9 Å². The van der Waals surface area contributed by atoms with Crippen molar-refractivity contribution in [3.63, 3.8) is 0 Å². The molecule has 11 rings (SSSR count). The molecule has 0 fully saturated rings. The van der Waals surface area contributed by atoms with Gasteiger partial charge in [0.1, 0.15) is 10.3 Å². The summed E-state index contributed by atoms with van der Waals surface area (Å²) in [5, 5.41) is 78.6. The van der Waals surface area contributed by atoms with Crippen LogP contribution in [0.25, 0.3) is 0 Å². The minimum Gasteiger partial charge on any atom is -0.593 e. The SMILES string of the molecule is O=[N+]([O-])c1ccc(Cl)nc1Cl.O=[N+]([O-])c1ccc(Cl)nc1[NH+]([O-])O.O=[N+]([O-])c1ccc(S(=O)(=O)c2ccccc2)nc1S(=O)(=O)c1ccccc1.O=[N+]([O-])c1ccc(S(=O)(=O)c2ccccc2)nc1S(=O)(=O)c1ccccc1.O=[N+]([O-])c1cccnc1Cl.O=[N+]([O-])c1cccnc1Sc1ccccc1. The van der Waals surface area contributed by atoms with E-state index in [1.165, 1.54) is 145 Å². The third-order valence-electron chi connectivity index (χ3n) is 12.4. The highest BCUT2D eigenvalue weighted by molar-refractivity contribution is 7.99. The zero-order valence-corrected chi connectivity index (χ0v) is 58.6. The van der Waals surface area contributed by atoms with Gasteiger partial charge in [-0.15, -0.1) is 0 Å². The fraction of sp³-hybridized carbons (Fsp3) is 0. The average Bonchev–Trinajstić information content (AvgIpc) is 0.767. The zero-order chi connectivity index (χ0) is 76.7. The van der Waals surface area contributed by atoms with Gasteiger partial charge in [0.25, 0.3) is 0 Å². The van der Waals surface area contributed by atoms with Crippen molar-refractivity contribution in [1.82, 2.24) is 29.9 Å². The summed E-state index contributed by atoms with van der Waals surface area (Å²) in [5.41, 5.74) is -2.54. The monoisotopic (exact) mass is 1590 g/mol. The molecule has 1 unspecified atom stereocenters. The summed E-state index contributed by atoms with van der Waals surface area (Å²) in [6.45, 7) is 0. The maximum atomic E-state index is 12.8. The maximum absolute atomic E-state index is 12.8. The summed E-state index contributed by atoms with van der Waals surface area (Å²) < 4.78 is 102. The molecule has 35 nitrogen and oxygen atoms in total. The zero-order valence-electron chi connectivity index (χ0n) is 51.5. The standard InChI is InChI=1S/2C17H12N2O6S2.C11H8N2O2S.C5H2Cl2N2O2.C5H4ClN3O4.C5H3ClN2O2/c2*20-19(21)15-11-12-16(26(22,23)13-7-3-1-4-8-13)18-17(15)27(24,25)14-9-5-2-6-10-14;14-13(15)10-7-4-8-12-11(10)16-9-5-2-1-3-6-9;6-4-2-1-3(9(10)11)5(7)8-4;6-4-2-1-3(8(10)11)5(7-4)9(12)13;6-5-4(8(9)10)2-1-3-7-5/h2*1-12H;1-8H;1-2H;1-2,9,12H;1-3H. The number of quaternary nitrogens is 1. The molecule has 44 heteroatoms. The normalized spacial score (nSPS) is 11.2. The minimum absolute atomic E-state index is 0.0383. The van der Waals surface area contributed by atoms with Crippen LogP contribution in [0.5, 0.6) is 0 Å². The summed E-state index contributed by atoms with van der Waals surface area (Å²) in [6.07, 6.45) is 2.95. The Labute approximate surface area is 609 Å². The van der Waals surface area contributed by atoms with Crippen molar-refractivity contribution in [2.75, 3.05) is 0 Å². The van der Waals surface area contributed by atoms with E-state index in [0.717, 1.165) is 41.3 Å². The summed E-state index contributed by atoms with van der Waals surface area (Å²) in [4.78, 5) is 81.6. The lowest BCUT2D eigenvalue weighted by Gasteiger charge is -2.09. The Balaban J connectivity index is 0.000000205. The lowest BCUT2D eigenvalue weighted by Crippen LogP contribution is -2.99. The van der Waals surface area contributed by atoms with Gasteiger partial charge in [0, 0.05) is 53.7 Å². The Hall–Kier alpha value is -11.4. The van der Waals surface area contributed by atoms with E-state index in [4.69, 9.17) is 51.6 Å². The van der Waals surface area contributed by atoms with Gasteiger partial charge >= 0.3 is 39.9 Å². The molecular formula is C60H41Cl4N13O22S5. The van der Waals surface area contributed by atoms with Crippen LogP contribution < -0.4 is 5.23 Å². The fourth-order valence-corrected chi connectivity index (χ4v) is 14.6. The number of hydrogen-bond donors (Lipinski definition) is 2. The van der Waals surface area contributed by atoms with Gasteiger partial charge in [0.15, 0.2) is 15.1 Å². The number of aromatic nitrogens is 6. The smallest absolute Gasteiger partial charge is 0.353 e. The second-order valence-corrected chi connectivity index (χ2v) is 29.1. The van der Waals surface area contributed by atoms with E-state index in [1.807, 2.05) is 30.3 Å². The van der Waals surface area contributed by atoms with Gasteiger partial charge in [-0.3, -0.25) is 60.7 Å². The van der Waals surface area contributed by atoms with Gasteiger partial charge in [0.2, 0.25) is 59.7 Å². The maximum Gasteiger partial charge on any atom is 0.353 e. The number of halogens is 4. The van der Waals surface area contributed by atoms with Gasteiger partial charge in [0.05, 0.1) is 49.1 Å². The van der Waals surface area contributed by atoms with Crippen LogP contribution in [0.2, 0.25) is 20.6 Å². The molecule has 0 saturated carbocycles. The van der Waals surface area contributed by atoms with Crippen LogP contribution in [0.3, 0.4) is 0 Å². The summed E-state index contributed by atoms with van der Waals surface area (Å²) in [7, 11) is -17.1. The Morgan fingerprint density at radius 1 is 0.337 bits per heavy atom. The highest BCUT2D eigenvalue weighted by atomic mass is 35.5. The van der Waals surface area contributed by atoms with E-state index in [0.29, 0.717) is 5.03 Å². The van der Waals surface area contributed by atoms with Crippen molar-refractivity contribution in [3.05, 3.63) is 323 Å². The number of nitro groups is 6. The Morgan fingerprint density at radius 2 is 0.654 bits per heavy atom. The molecule has 11 aromatic rings. The molecule has 104 heavy (non-hydrogen) atoms. The molecule has 0 bridgehead atoms. The topological polar surface area (TPSA) is 520 Å². The number of sulfone groups is 4. The van der Waals surface area contributed by atoms with Gasteiger partial charge < -0.3 is 5.21 Å². The summed E-state index contributed by atoms with van der Waals surface area (Å²) in [5.74, 6) is -0.655. The lowest BCUT2D eigenvalue weighted by atomic mass is 10.4. The van der Waals surface area contributed by atoms with Gasteiger partial charge in [-0.1, -0.05) is 149 Å². The minimum atomic E-state index is -4.40. The molecule has 0 saturated heterocycles. The highest BCUT2D eigenvalue weighted by Crippen LogP contribution is 2.35. The van der Waals surface area contributed by atoms with Gasteiger partial charge in [-0.2, -0.15) is 10.2 Å². The van der Waals surface area contributed by atoms with Crippen molar-refractivity contribution in [2.24, 2.45) is 0 Å². The van der Waals surface area contributed by atoms with Crippen LogP contribution in [-0.2, 0) is 39.3 Å². The third kappa shape index (κ3) is 21.8. The van der Waals surface area contributed by atoms with Crippen molar-refractivity contribution in [1.29, 1.82) is 0 Å². The molecular weight excluding hydrogens is 1560 g/mol. The number of nitrogens with zero attached hydrogens (tertiary/aromatic N) is 12. The second-order valence-electron chi connectivity index (χ2n) is 19.1. The predicted octanol–water partition coefficient (Wildman–Crippen LogP) is 12.4. The predicted molar refractivity (Wildman–Crippen MR) is 369 cm³/mol. The first-order valence-corrected chi connectivity index (χ1v) is 36.0. The van der Waals surface area contributed by atoms with Gasteiger partial charge in [-0.05, 0) is 97.1 Å². The van der Waals surface area contributed by atoms with E-state index < -0.39 is 117 Å². The Morgan fingerprint density at radius 3 is 1.00 bits per heavy atom. The van der Waals surface area contributed by atoms with Crippen LogP contribution in [0.15, 0.2) is 286 Å². The van der Waals surface area contributed by atoms with Crippen molar-refractivity contribution in [3.8, 4) is 0 Å². The molecule has 6 aromatic heterocycles. The first-order valence-electron chi connectivity index (χ1n) is 27.7. The molecule has 0 aliphatic rings. The van der Waals surface area contributed by atoms with Crippen LogP contribution in [-0.4, -0.2) is 98.3 Å². The van der Waals surface area contributed by atoms with E-state index >= 15 is 0 Å². The van der Waals surface area contributed by atoms with Gasteiger partial charge in [-0.25, -0.2) is 63.8 Å². The van der Waals surface area contributed by atoms with Crippen LogP contribution in [0.1, 0.15) is 0 Å². The Kier molecular flexibility index (Phi) is 29.0. The molecule has 2 N–H and O–H groups in total. The van der Waals surface area contributed by atoms with Crippen LogP contribution in [0, 0.1) is 65.9 Å². The largest absolute Gasteiger partial charge is 0.593 e. The second kappa shape index (κ2) is 37.0. The van der Waals surface area contributed by atoms with Crippen molar-refractivity contribution >= 4 is 137 Å². The molecule has 0 amide bonds. The average molecular weight is 1600 g/mol. The quantitative estimate of drug-likeness (QED) is 0.0485. The lowest BCUT2D eigenvalue weighted by molar-refractivity contribution is -0.993. The van der Waals surface area contributed by atoms with Crippen molar-refractivity contribution < 1.29 is 73.6 Å².